The maximum atomic E-state index is 13.1. The van der Waals surface area contributed by atoms with E-state index in [4.69, 9.17) is 4.74 Å². The van der Waals surface area contributed by atoms with Crippen molar-refractivity contribution in [2.24, 2.45) is 0 Å². The van der Waals surface area contributed by atoms with Gasteiger partial charge in [-0.2, -0.15) is 0 Å². The van der Waals surface area contributed by atoms with Crippen molar-refractivity contribution in [3.8, 4) is 5.75 Å². The number of carbonyl (C=O) groups excluding carboxylic acids is 2. The van der Waals surface area contributed by atoms with Crippen LogP contribution in [0.2, 0.25) is 0 Å². The molecule has 0 spiro atoms. The Hall–Kier alpha value is -2.87. The number of methoxy groups -OCH3 is 1. The predicted molar refractivity (Wildman–Crippen MR) is 108 cm³/mol. The first-order valence-corrected chi connectivity index (χ1v) is 10.8. The van der Waals surface area contributed by atoms with E-state index in [1.165, 1.54) is 25.3 Å². The Morgan fingerprint density at radius 1 is 1.21 bits per heavy atom. The van der Waals surface area contributed by atoms with Crippen molar-refractivity contribution < 1.29 is 22.7 Å². The third-order valence-corrected chi connectivity index (χ3v) is 6.77. The zero-order valence-electron chi connectivity index (χ0n) is 16.4. The molecule has 0 saturated carbocycles. The monoisotopic (exact) mass is 416 g/mol. The lowest BCUT2D eigenvalue weighted by Gasteiger charge is -2.24. The molecule has 154 valence electrons. The zero-order chi connectivity index (χ0) is 21.0. The molecule has 8 heteroatoms. The number of benzene rings is 2. The number of ether oxygens (including phenoxy) is 1. The van der Waals surface area contributed by atoms with Crippen LogP contribution in [-0.4, -0.2) is 44.2 Å². The molecule has 29 heavy (non-hydrogen) atoms. The van der Waals surface area contributed by atoms with Gasteiger partial charge in [-0.05, 0) is 49.1 Å². The number of nitrogens with one attached hydrogen (secondary N) is 1. The van der Waals surface area contributed by atoms with Crippen LogP contribution in [0.25, 0.3) is 0 Å². The highest BCUT2D eigenvalue weighted by Crippen LogP contribution is 2.29. The molecule has 1 heterocycles. The van der Waals surface area contributed by atoms with Crippen LogP contribution in [0.3, 0.4) is 0 Å². The summed E-state index contributed by atoms with van der Waals surface area (Å²) in [7, 11) is -2.64. The lowest BCUT2D eigenvalue weighted by molar-refractivity contribution is -0.130. The second-order valence-electron chi connectivity index (χ2n) is 6.91. The number of carbonyl (C=O) groups is 2. The van der Waals surface area contributed by atoms with Crippen LogP contribution in [0.5, 0.6) is 5.75 Å². The molecule has 0 unspecified atom stereocenters. The fourth-order valence-corrected chi connectivity index (χ4v) is 5.11. The Morgan fingerprint density at radius 3 is 2.59 bits per heavy atom. The maximum absolute atomic E-state index is 13.1. The minimum Gasteiger partial charge on any atom is -0.496 e. The van der Waals surface area contributed by atoms with Gasteiger partial charge in [0, 0.05) is 13.0 Å². The molecule has 2 amide bonds. The molecule has 1 N–H and O–H groups in total. The fraction of sp³-hybridized carbons (Fsp3) is 0.333. The quantitative estimate of drug-likeness (QED) is 0.746. The molecule has 1 fully saturated rings. The van der Waals surface area contributed by atoms with Crippen molar-refractivity contribution in [3.05, 3.63) is 59.7 Å². The molecule has 1 atom stereocenters. The zero-order valence-corrected chi connectivity index (χ0v) is 17.2. The smallest absolute Gasteiger partial charge is 0.267 e. The molecule has 2 aromatic carbocycles. The van der Waals surface area contributed by atoms with Crippen LogP contribution < -0.4 is 10.1 Å². The van der Waals surface area contributed by atoms with Gasteiger partial charge in [-0.25, -0.2) is 12.7 Å². The van der Waals surface area contributed by atoms with Crippen molar-refractivity contribution in [2.45, 2.75) is 37.1 Å². The number of sulfonamides is 1. The molecule has 0 aliphatic carbocycles. The van der Waals surface area contributed by atoms with Gasteiger partial charge < -0.3 is 10.1 Å². The van der Waals surface area contributed by atoms with Gasteiger partial charge in [-0.15, -0.1) is 0 Å². The molecule has 1 aliphatic rings. The van der Waals surface area contributed by atoms with Crippen LogP contribution in [0.15, 0.2) is 53.4 Å². The summed E-state index contributed by atoms with van der Waals surface area (Å²) in [5.41, 5.74) is 1.69. The number of rotatable bonds is 7. The van der Waals surface area contributed by atoms with E-state index in [2.05, 4.69) is 5.32 Å². The summed E-state index contributed by atoms with van der Waals surface area (Å²) in [5.74, 6) is -0.478. The fourth-order valence-electron chi connectivity index (χ4n) is 3.42. The van der Waals surface area contributed by atoms with Gasteiger partial charge >= 0.3 is 0 Å². The molecule has 3 rings (SSSR count). The third-order valence-electron chi connectivity index (χ3n) is 4.94. The summed E-state index contributed by atoms with van der Waals surface area (Å²) in [6.45, 7) is 2.08. The number of nitrogens with zero attached hydrogens (tertiary/aromatic N) is 1. The molecule has 0 bridgehead atoms. The van der Waals surface area contributed by atoms with Crippen LogP contribution in [0, 0.1) is 6.92 Å². The second-order valence-corrected chi connectivity index (χ2v) is 8.72. The molecule has 1 saturated heterocycles. The SMILES string of the molecule is COc1ccc(S(=O)(=O)N2C(=O)CC[C@@H]2C(=O)NCCc2ccccc2)cc1C. The van der Waals surface area contributed by atoms with Gasteiger partial charge in [-0.3, -0.25) is 9.59 Å². The lowest BCUT2D eigenvalue weighted by Crippen LogP contribution is -2.47. The summed E-state index contributed by atoms with van der Waals surface area (Å²) in [6, 6.07) is 13.0. The number of aryl methyl sites for hydroxylation is 1. The van der Waals surface area contributed by atoms with E-state index in [1.54, 1.807) is 6.92 Å². The van der Waals surface area contributed by atoms with Gasteiger partial charge in [0.1, 0.15) is 11.8 Å². The summed E-state index contributed by atoms with van der Waals surface area (Å²) in [4.78, 5) is 25.0. The lowest BCUT2D eigenvalue weighted by atomic mass is 10.1. The van der Waals surface area contributed by atoms with Gasteiger partial charge in [0.05, 0.1) is 12.0 Å². The van der Waals surface area contributed by atoms with Crippen molar-refractivity contribution in [2.75, 3.05) is 13.7 Å². The first-order chi connectivity index (χ1) is 13.8. The molecule has 1 aliphatic heterocycles. The Kier molecular flexibility index (Phi) is 6.22. The summed E-state index contributed by atoms with van der Waals surface area (Å²) in [6.07, 6.45) is 0.813. The van der Waals surface area contributed by atoms with Gasteiger partial charge in [-0.1, -0.05) is 30.3 Å². The summed E-state index contributed by atoms with van der Waals surface area (Å²) < 4.78 is 32.1. The summed E-state index contributed by atoms with van der Waals surface area (Å²) in [5, 5.41) is 2.76. The van der Waals surface area contributed by atoms with Crippen LogP contribution in [0.1, 0.15) is 24.0 Å². The van der Waals surface area contributed by atoms with E-state index >= 15 is 0 Å². The summed E-state index contributed by atoms with van der Waals surface area (Å²) >= 11 is 0. The number of hydrogen-bond donors (Lipinski definition) is 1. The Morgan fingerprint density at radius 2 is 1.93 bits per heavy atom. The average Bonchev–Trinajstić information content (AvgIpc) is 3.11. The van der Waals surface area contributed by atoms with E-state index < -0.39 is 27.9 Å². The normalized spacial score (nSPS) is 16.7. The van der Waals surface area contributed by atoms with Crippen LogP contribution in [0.4, 0.5) is 0 Å². The van der Waals surface area contributed by atoms with Gasteiger partial charge in [0.2, 0.25) is 11.8 Å². The molecular formula is C21H24N2O5S. The highest BCUT2D eigenvalue weighted by molar-refractivity contribution is 7.89. The molecule has 0 radical (unpaired) electrons. The topological polar surface area (TPSA) is 92.8 Å². The Balaban J connectivity index is 1.75. The van der Waals surface area contributed by atoms with Crippen molar-refractivity contribution in [1.82, 2.24) is 9.62 Å². The van der Waals surface area contributed by atoms with Crippen LogP contribution >= 0.6 is 0 Å². The minimum atomic E-state index is -4.14. The average molecular weight is 416 g/mol. The van der Waals surface area contributed by atoms with Crippen molar-refractivity contribution >= 4 is 21.8 Å². The first kappa shape index (κ1) is 20.9. The first-order valence-electron chi connectivity index (χ1n) is 9.38. The minimum absolute atomic E-state index is 0.0190. The predicted octanol–water partition coefficient (Wildman–Crippen LogP) is 2.04. The standard InChI is InChI=1S/C21H24N2O5S/c1-15-14-17(8-10-19(15)28-2)29(26,27)23-18(9-11-20(23)24)21(25)22-13-12-16-6-4-3-5-7-16/h3-8,10,14,18H,9,11-13H2,1-2H3,(H,22,25)/t18-/m1/s1. The highest BCUT2D eigenvalue weighted by Gasteiger charge is 2.44. The van der Waals surface area contributed by atoms with Gasteiger partial charge in [0.15, 0.2) is 0 Å². The molecular weight excluding hydrogens is 392 g/mol. The second kappa shape index (κ2) is 8.65. The molecule has 2 aromatic rings. The van der Waals surface area contributed by atoms with E-state index in [0.29, 0.717) is 24.3 Å². The largest absolute Gasteiger partial charge is 0.496 e. The van der Waals surface area contributed by atoms with Gasteiger partial charge in [0.25, 0.3) is 10.0 Å². The molecule has 0 aromatic heterocycles. The number of amides is 2. The van der Waals surface area contributed by atoms with E-state index in [9.17, 15) is 18.0 Å². The van der Waals surface area contributed by atoms with Crippen molar-refractivity contribution in [1.29, 1.82) is 0 Å². The van der Waals surface area contributed by atoms with Crippen molar-refractivity contribution in [3.63, 3.8) is 0 Å². The third kappa shape index (κ3) is 4.42. The Bertz CT molecular complexity index is 1000. The van der Waals surface area contributed by atoms with E-state index in [0.717, 1.165) is 9.87 Å². The van der Waals surface area contributed by atoms with Crippen LogP contribution in [-0.2, 0) is 26.0 Å². The number of hydrogen-bond acceptors (Lipinski definition) is 5. The van der Waals surface area contributed by atoms with E-state index in [-0.39, 0.29) is 17.7 Å². The molecule has 7 nitrogen and oxygen atoms in total. The highest BCUT2D eigenvalue weighted by atomic mass is 32.2. The maximum Gasteiger partial charge on any atom is 0.267 e. The Labute approximate surface area is 170 Å². The van der Waals surface area contributed by atoms with E-state index in [1.807, 2.05) is 30.3 Å².